The Morgan fingerprint density at radius 1 is 1.00 bits per heavy atom. The molecule has 3 N–H and O–H groups in total. The first-order chi connectivity index (χ1) is 14.0. The van der Waals surface area contributed by atoms with Crippen molar-refractivity contribution in [2.24, 2.45) is 0 Å². The van der Waals surface area contributed by atoms with Gasteiger partial charge in [-0.25, -0.2) is 0 Å². The lowest BCUT2D eigenvalue weighted by molar-refractivity contribution is -0.123. The molecule has 0 spiro atoms. The van der Waals surface area contributed by atoms with Gasteiger partial charge in [0.1, 0.15) is 11.8 Å². The van der Waals surface area contributed by atoms with E-state index in [1.165, 1.54) is 24.2 Å². The molecule has 0 aliphatic carbocycles. The van der Waals surface area contributed by atoms with Gasteiger partial charge in [-0.1, -0.05) is 32.3 Å². The Hall–Kier alpha value is -2.87. The highest BCUT2D eigenvalue weighted by Crippen LogP contribution is 2.13. The van der Waals surface area contributed by atoms with Crippen LogP contribution in [0.3, 0.4) is 0 Å². The van der Waals surface area contributed by atoms with Crippen LogP contribution in [0.5, 0.6) is 5.75 Å². The number of amides is 3. The van der Waals surface area contributed by atoms with Crippen molar-refractivity contribution in [3.63, 3.8) is 0 Å². The molecule has 1 atom stereocenters. The molecule has 156 valence electrons. The van der Waals surface area contributed by atoms with Gasteiger partial charge >= 0.3 is 0 Å². The van der Waals surface area contributed by atoms with Gasteiger partial charge in [0.15, 0.2) is 0 Å². The van der Waals surface area contributed by atoms with Crippen LogP contribution in [0, 0.1) is 0 Å². The molecule has 1 aromatic carbocycles. The number of carbonyl (C=O) groups excluding carboxylic acids is 3. The molecular weight excluding hydrogens is 390 g/mol. The summed E-state index contributed by atoms with van der Waals surface area (Å²) in [6.07, 6.45) is 4.52. The molecular formula is C21H27N3O4S. The van der Waals surface area contributed by atoms with Gasteiger partial charge in [0.2, 0.25) is 0 Å². The molecule has 29 heavy (non-hydrogen) atoms. The van der Waals surface area contributed by atoms with E-state index in [1.807, 2.05) is 0 Å². The van der Waals surface area contributed by atoms with E-state index in [9.17, 15) is 14.4 Å². The van der Waals surface area contributed by atoms with Crippen LogP contribution in [-0.2, 0) is 4.79 Å². The molecule has 0 aliphatic heterocycles. The second-order valence-electron chi connectivity index (χ2n) is 6.55. The number of hydrogen-bond donors (Lipinski definition) is 3. The van der Waals surface area contributed by atoms with E-state index in [2.05, 4.69) is 23.1 Å². The predicted molar refractivity (Wildman–Crippen MR) is 113 cm³/mol. The van der Waals surface area contributed by atoms with E-state index in [1.54, 1.807) is 48.7 Å². The number of thiophene rings is 1. The Bertz CT molecular complexity index is 791. The Labute approximate surface area is 174 Å². The topological polar surface area (TPSA) is 96.5 Å². The lowest BCUT2D eigenvalue weighted by atomic mass is 10.2. The summed E-state index contributed by atoms with van der Waals surface area (Å²) >= 11 is 1.29. The van der Waals surface area contributed by atoms with Crippen molar-refractivity contribution < 1.29 is 19.1 Å². The van der Waals surface area contributed by atoms with Gasteiger partial charge in [0.25, 0.3) is 17.7 Å². The van der Waals surface area contributed by atoms with Gasteiger partial charge in [0.05, 0.1) is 11.5 Å². The number of ether oxygens (including phenoxy) is 1. The standard InChI is InChI=1S/C21H27N3O4S/c1-3-4-5-6-13-28-17-11-9-16(10-12-17)20(26)24-23-19(25)15(2)22-21(27)18-8-7-14-29-18/h7-12,14-15H,3-6,13H2,1-2H3,(H,22,27)(H,23,25)(H,24,26). The van der Waals surface area contributed by atoms with Gasteiger partial charge in [-0.2, -0.15) is 0 Å². The summed E-state index contributed by atoms with van der Waals surface area (Å²) in [5, 5.41) is 4.36. The van der Waals surface area contributed by atoms with Gasteiger partial charge in [-0.3, -0.25) is 25.2 Å². The molecule has 0 fully saturated rings. The van der Waals surface area contributed by atoms with Crippen molar-refractivity contribution in [1.29, 1.82) is 0 Å². The molecule has 2 rings (SSSR count). The number of unbranched alkanes of at least 4 members (excludes halogenated alkanes) is 3. The minimum absolute atomic E-state index is 0.334. The van der Waals surface area contributed by atoms with Gasteiger partial charge in [-0.15, -0.1) is 11.3 Å². The molecule has 3 amide bonds. The summed E-state index contributed by atoms with van der Waals surface area (Å²) in [4.78, 5) is 36.7. The van der Waals surface area contributed by atoms with E-state index in [4.69, 9.17) is 4.74 Å². The van der Waals surface area contributed by atoms with E-state index < -0.39 is 17.9 Å². The van der Waals surface area contributed by atoms with Crippen molar-refractivity contribution in [2.45, 2.75) is 45.6 Å². The van der Waals surface area contributed by atoms with Crippen molar-refractivity contribution in [2.75, 3.05) is 6.61 Å². The maximum absolute atomic E-state index is 12.2. The molecule has 0 aliphatic rings. The predicted octanol–water partition coefficient (Wildman–Crippen LogP) is 3.29. The third kappa shape index (κ3) is 7.57. The summed E-state index contributed by atoms with van der Waals surface area (Å²) in [6.45, 7) is 4.35. The number of hydrazine groups is 1. The van der Waals surface area contributed by atoms with Crippen molar-refractivity contribution in [1.82, 2.24) is 16.2 Å². The number of carbonyl (C=O) groups is 3. The summed E-state index contributed by atoms with van der Waals surface area (Å²) in [5.41, 5.74) is 5.05. The second-order valence-corrected chi connectivity index (χ2v) is 7.50. The number of benzene rings is 1. The molecule has 7 nitrogen and oxygen atoms in total. The molecule has 8 heteroatoms. The van der Waals surface area contributed by atoms with E-state index in [0.717, 1.165) is 12.8 Å². The van der Waals surface area contributed by atoms with Crippen molar-refractivity contribution in [3.05, 3.63) is 52.2 Å². The lowest BCUT2D eigenvalue weighted by Gasteiger charge is -2.14. The van der Waals surface area contributed by atoms with E-state index in [-0.39, 0.29) is 5.91 Å². The highest BCUT2D eigenvalue weighted by molar-refractivity contribution is 7.12. The van der Waals surface area contributed by atoms with Crippen LogP contribution in [-0.4, -0.2) is 30.4 Å². The Morgan fingerprint density at radius 3 is 2.41 bits per heavy atom. The fourth-order valence-corrected chi connectivity index (χ4v) is 3.09. The maximum atomic E-state index is 12.2. The van der Waals surface area contributed by atoms with E-state index in [0.29, 0.717) is 22.8 Å². The Balaban J connectivity index is 1.73. The zero-order valence-corrected chi connectivity index (χ0v) is 17.5. The minimum atomic E-state index is -0.798. The molecule has 1 heterocycles. The van der Waals surface area contributed by atoms with Crippen LogP contribution in [0.15, 0.2) is 41.8 Å². The Kier molecular flexibility index (Phi) is 9.17. The largest absolute Gasteiger partial charge is 0.494 e. The smallest absolute Gasteiger partial charge is 0.269 e. The number of nitrogens with one attached hydrogen (secondary N) is 3. The fraction of sp³-hybridized carbons (Fsp3) is 0.381. The monoisotopic (exact) mass is 417 g/mol. The maximum Gasteiger partial charge on any atom is 0.269 e. The number of hydrogen-bond acceptors (Lipinski definition) is 5. The summed E-state index contributed by atoms with van der Waals surface area (Å²) < 4.78 is 5.64. The highest BCUT2D eigenvalue weighted by atomic mass is 32.1. The SMILES string of the molecule is CCCCCCOc1ccc(C(=O)NNC(=O)C(C)NC(=O)c2cccs2)cc1. The normalized spacial score (nSPS) is 11.4. The third-order valence-corrected chi connectivity index (χ3v) is 5.04. The highest BCUT2D eigenvalue weighted by Gasteiger charge is 2.18. The quantitative estimate of drug-likeness (QED) is 0.408. The fourth-order valence-electron chi connectivity index (χ4n) is 2.46. The van der Waals surface area contributed by atoms with Crippen LogP contribution < -0.4 is 20.9 Å². The van der Waals surface area contributed by atoms with Crippen LogP contribution in [0.1, 0.15) is 59.6 Å². The molecule has 0 saturated carbocycles. The molecule has 0 saturated heterocycles. The average Bonchev–Trinajstić information content (AvgIpc) is 3.27. The molecule has 0 radical (unpaired) electrons. The molecule has 0 bridgehead atoms. The zero-order chi connectivity index (χ0) is 21.1. The van der Waals surface area contributed by atoms with Crippen molar-refractivity contribution >= 4 is 29.1 Å². The summed E-state index contributed by atoms with van der Waals surface area (Å²) in [6, 6.07) is 9.34. The first-order valence-electron chi connectivity index (χ1n) is 9.68. The first kappa shape index (κ1) is 22.4. The lowest BCUT2D eigenvalue weighted by Crippen LogP contribution is -2.51. The van der Waals surface area contributed by atoms with Crippen LogP contribution in [0.2, 0.25) is 0 Å². The summed E-state index contributed by atoms with van der Waals surface area (Å²) in [7, 11) is 0. The van der Waals surface area contributed by atoms with Crippen LogP contribution in [0.4, 0.5) is 0 Å². The van der Waals surface area contributed by atoms with Gasteiger partial charge in [0, 0.05) is 5.56 Å². The van der Waals surface area contributed by atoms with Gasteiger partial charge < -0.3 is 10.1 Å². The van der Waals surface area contributed by atoms with Crippen LogP contribution >= 0.6 is 11.3 Å². The number of rotatable bonds is 10. The third-order valence-electron chi connectivity index (χ3n) is 4.17. The van der Waals surface area contributed by atoms with Crippen LogP contribution in [0.25, 0.3) is 0 Å². The van der Waals surface area contributed by atoms with E-state index >= 15 is 0 Å². The Morgan fingerprint density at radius 2 is 1.76 bits per heavy atom. The molecule has 1 unspecified atom stereocenters. The average molecular weight is 418 g/mol. The van der Waals surface area contributed by atoms with Crippen molar-refractivity contribution in [3.8, 4) is 5.75 Å². The zero-order valence-electron chi connectivity index (χ0n) is 16.7. The second kappa shape index (κ2) is 11.9. The minimum Gasteiger partial charge on any atom is -0.494 e. The van der Waals surface area contributed by atoms with Gasteiger partial charge in [-0.05, 0) is 49.1 Å². The summed E-state index contributed by atoms with van der Waals surface area (Å²) in [5.74, 6) is -0.605. The first-order valence-corrected chi connectivity index (χ1v) is 10.6. The molecule has 2 aromatic rings. The molecule has 1 aromatic heterocycles.